The Kier molecular flexibility index (Phi) is 5.76. The second-order valence-corrected chi connectivity index (χ2v) is 8.41. The van der Waals surface area contributed by atoms with Crippen molar-refractivity contribution in [1.29, 1.82) is 0 Å². The highest BCUT2D eigenvalue weighted by Crippen LogP contribution is 2.39. The lowest BCUT2D eigenvalue weighted by molar-refractivity contribution is 0.474. The highest BCUT2D eigenvalue weighted by molar-refractivity contribution is 6.02. The molecular formula is C26H32N2O2. The van der Waals surface area contributed by atoms with Gasteiger partial charge in [0.05, 0.1) is 0 Å². The summed E-state index contributed by atoms with van der Waals surface area (Å²) in [6, 6.07) is 12.0. The molecule has 158 valence electrons. The molecule has 0 amide bonds. The van der Waals surface area contributed by atoms with Crippen molar-refractivity contribution < 1.29 is 5.84 Å². The van der Waals surface area contributed by atoms with Gasteiger partial charge in [-0.1, -0.05) is 51.3 Å². The molecular weight excluding hydrogens is 372 g/mol. The Morgan fingerprint density at radius 1 is 1.10 bits per heavy atom. The summed E-state index contributed by atoms with van der Waals surface area (Å²) in [4.78, 5) is 17.4. The molecule has 0 bridgehead atoms. The number of hydrogen-bond donors (Lipinski definition) is 0. The van der Waals surface area contributed by atoms with Gasteiger partial charge in [0.15, 0.2) is 11.5 Å². The first kappa shape index (κ1) is 20.4. The Morgan fingerprint density at radius 2 is 1.77 bits per heavy atom. The number of fused-ring (bicyclic) bond motifs is 2. The quantitative estimate of drug-likeness (QED) is 0.362. The van der Waals surface area contributed by atoms with Gasteiger partial charge in [-0.2, -0.15) is 0 Å². The summed E-state index contributed by atoms with van der Waals surface area (Å²) >= 11 is 0. The van der Waals surface area contributed by atoms with Crippen molar-refractivity contribution in [2.24, 2.45) is 7.05 Å². The Labute approximate surface area is 179 Å². The molecule has 1 aliphatic carbocycles. The zero-order valence-electron chi connectivity index (χ0n) is 18.4. The van der Waals surface area contributed by atoms with Crippen LogP contribution in [-0.2, 0) is 7.05 Å². The maximum absolute atomic E-state index is 12.5. The summed E-state index contributed by atoms with van der Waals surface area (Å²) in [7, 11) is 1.80. The van der Waals surface area contributed by atoms with E-state index in [0.717, 1.165) is 57.3 Å². The number of pyridine rings is 1. The fourth-order valence-electron chi connectivity index (χ4n) is 4.37. The summed E-state index contributed by atoms with van der Waals surface area (Å²) in [5.41, 5.74) is 4.91. The van der Waals surface area contributed by atoms with E-state index in [1.165, 1.54) is 19.3 Å². The van der Waals surface area contributed by atoms with Crippen LogP contribution in [-0.4, -0.2) is 9.55 Å². The van der Waals surface area contributed by atoms with E-state index in [0.29, 0.717) is 5.92 Å². The highest BCUT2D eigenvalue weighted by Gasteiger charge is 2.24. The fourth-order valence-corrected chi connectivity index (χ4v) is 4.37. The lowest BCUT2D eigenvalue weighted by Gasteiger charge is -2.10. The predicted molar refractivity (Wildman–Crippen MR) is 126 cm³/mol. The van der Waals surface area contributed by atoms with E-state index in [1.54, 1.807) is 11.6 Å². The number of aromatic nitrogens is 2. The molecule has 2 heterocycles. The first-order valence-corrected chi connectivity index (χ1v) is 11.0. The number of hydrogen-bond acceptors (Lipinski definition) is 3. The smallest absolute Gasteiger partial charge is 0.258 e. The summed E-state index contributed by atoms with van der Waals surface area (Å²) in [5, 5.41) is 1.68. The van der Waals surface area contributed by atoms with E-state index >= 15 is 0 Å². The van der Waals surface area contributed by atoms with Gasteiger partial charge in [-0.3, -0.25) is 4.79 Å². The largest absolute Gasteiger partial charge is 0.440 e. The van der Waals surface area contributed by atoms with Gasteiger partial charge in [0.2, 0.25) is 0 Å². The van der Waals surface area contributed by atoms with E-state index in [2.05, 4.69) is 32.9 Å². The zero-order chi connectivity index (χ0) is 21.3. The summed E-state index contributed by atoms with van der Waals surface area (Å²) < 4.78 is 7.97. The molecule has 0 spiro atoms. The van der Waals surface area contributed by atoms with Crippen LogP contribution in [0.1, 0.15) is 64.8 Å². The number of benzene rings is 2. The molecule has 0 aliphatic heterocycles. The molecule has 0 saturated heterocycles. The van der Waals surface area contributed by atoms with Crippen molar-refractivity contribution in [2.45, 2.75) is 58.8 Å². The standard InChI is InChI=1S/C23H22N2O2.C3H8.H2/c1-14-11-18(19-13-25(2)23(26)17-10-6-5-9-16(17)19)21-20(12-14)24-22(27-21)15-7-3-4-8-15;1-3-2;/h5-6,9-13,15H,3-4,7-8H2,1-2H3;3H2,1-2H3;1H. The number of oxazole rings is 1. The van der Waals surface area contributed by atoms with Gasteiger partial charge in [-0.15, -0.1) is 0 Å². The molecule has 4 aromatic rings. The molecule has 1 saturated carbocycles. The Morgan fingerprint density at radius 3 is 2.47 bits per heavy atom. The summed E-state index contributed by atoms with van der Waals surface area (Å²) in [6.07, 6.45) is 7.98. The van der Waals surface area contributed by atoms with E-state index < -0.39 is 0 Å². The Balaban J connectivity index is 0.000000645. The zero-order valence-corrected chi connectivity index (χ0v) is 18.4. The van der Waals surface area contributed by atoms with Crippen LogP contribution >= 0.6 is 0 Å². The second kappa shape index (κ2) is 8.47. The average molecular weight is 405 g/mol. The first-order valence-electron chi connectivity index (χ1n) is 11.0. The van der Waals surface area contributed by atoms with E-state index in [4.69, 9.17) is 9.40 Å². The van der Waals surface area contributed by atoms with E-state index in [9.17, 15) is 4.79 Å². The molecule has 1 fully saturated rings. The first-order chi connectivity index (χ1) is 14.5. The average Bonchev–Trinajstić information content (AvgIpc) is 3.40. The molecule has 0 radical (unpaired) electrons. The van der Waals surface area contributed by atoms with Gasteiger partial charge >= 0.3 is 0 Å². The third-order valence-electron chi connectivity index (χ3n) is 5.74. The normalized spacial score (nSPS) is 14.3. The van der Waals surface area contributed by atoms with E-state index in [-0.39, 0.29) is 6.99 Å². The van der Waals surface area contributed by atoms with Crippen LogP contribution in [0, 0.1) is 6.92 Å². The van der Waals surface area contributed by atoms with Gasteiger partial charge in [0.1, 0.15) is 5.52 Å². The number of nitrogens with zero attached hydrogens (tertiary/aromatic N) is 2. The third kappa shape index (κ3) is 3.67. The Hall–Kier alpha value is -2.88. The van der Waals surface area contributed by atoms with Crippen LogP contribution in [0.3, 0.4) is 0 Å². The van der Waals surface area contributed by atoms with Crippen molar-refractivity contribution in [3.05, 3.63) is 64.4 Å². The SMILES string of the molecule is CCC.Cc1cc(-c2cn(C)c(=O)c3ccccc23)c2oc(C3CCCC3)nc2c1.[HH]. The van der Waals surface area contributed by atoms with Gasteiger partial charge in [-0.05, 0) is 48.9 Å². The maximum Gasteiger partial charge on any atom is 0.258 e. The fraction of sp³-hybridized carbons (Fsp3) is 0.385. The van der Waals surface area contributed by atoms with Crippen molar-refractivity contribution in [3.63, 3.8) is 0 Å². The number of rotatable bonds is 2. The van der Waals surface area contributed by atoms with Crippen molar-refractivity contribution in [1.82, 2.24) is 9.55 Å². The lowest BCUT2D eigenvalue weighted by Crippen LogP contribution is -2.16. The topological polar surface area (TPSA) is 48.0 Å². The lowest BCUT2D eigenvalue weighted by atomic mass is 9.98. The van der Waals surface area contributed by atoms with Crippen LogP contribution in [0.15, 0.2) is 51.8 Å². The molecule has 2 aromatic heterocycles. The minimum absolute atomic E-state index is 0. The van der Waals surface area contributed by atoms with Crippen LogP contribution in [0.4, 0.5) is 0 Å². The molecule has 0 unspecified atom stereocenters. The third-order valence-corrected chi connectivity index (χ3v) is 5.74. The van der Waals surface area contributed by atoms with Crippen molar-refractivity contribution in [2.75, 3.05) is 0 Å². The van der Waals surface area contributed by atoms with Gasteiger partial charge in [0, 0.05) is 37.1 Å². The molecule has 5 rings (SSSR count). The van der Waals surface area contributed by atoms with Gasteiger partial charge in [-0.25, -0.2) is 4.98 Å². The molecule has 0 N–H and O–H groups in total. The van der Waals surface area contributed by atoms with Crippen LogP contribution in [0.25, 0.3) is 33.0 Å². The molecule has 2 aromatic carbocycles. The van der Waals surface area contributed by atoms with Crippen LogP contribution in [0.5, 0.6) is 0 Å². The molecule has 4 heteroatoms. The molecule has 4 nitrogen and oxygen atoms in total. The van der Waals surface area contributed by atoms with E-state index in [1.807, 2.05) is 30.5 Å². The second-order valence-electron chi connectivity index (χ2n) is 8.41. The number of aryl methyl sites for hydroxylation is 2. The van der Waals surface area contributed by atoms with Crippen LogP contribution in [0.2, 0.25) is 0 Å². The summed E-state index contributed by atoms with van der Waals surface area (Å²) in [6.45, 7) is 6.33. The molecule has 30 heavy (non-hydrogen) atoms. The minimum atomic E-state index is 0. The van der Waals surface area contributed by atoms with Crippen LogP contribution < -0.4 is 5.56 Å². The van der Waals surface area contributed by atoms with Gasteiger partial charge < -0.3 is 8.98 Å². The summed E-state index contributed by atoms with van der Waals surface area (Å²) in [5.74, 6) is 1.30. The molecule has 0 atom stereocenters. The predicted octanol–water partition coefficient (Wildman–Crippen LogP) is 6.98. The van der Waals surface area contributed by atoms with Gasteiger partial charge in [0.25, 0.3) is 5.56 Å². The Bertz CT molecular complexity index is 1250. The molecule has 1 aliphatic rings. The minimum Gasteiger partial charge on any atom is -0.440 e. The monoisotopic (exact) mass is 404 g/mol. The maximum atomic E-state index is 12.5. The highest BCUT2D eigenvalue weighted by atomic mass is 16.3. The van der Waals surface area contributed by atoms with Crippen molar-refractivity contribution in [3.8, 4) is 11.1 Å². The van der Waals surface area contributed by atoms with Crippen molar-refractivity contribution >= 4 is 21.9 Å².